The number of halogens is 3. The number of nitrogens with zero attached hydrogens (tertiary/aromatic N) is 1. The predicted molar refractivity (Wildman–Crippen MR) is 68.0 cm³/mol. The molecule has 1 aromatic carbocycles. The third kappa shape index (κ3) is 3.04. The maximum atomic E-state index is 13.1. The Hall–Kier alpha value is -2.17. The van der Waals surface area contributed by atoms with Crippen molar-refractivity contribution in [3.05, 3.63) is 64.7 Å². The van der Waals surface area contributed by atoms with Crippen molar-refractivity contribution in [3.63, 3.8) is 0 Å². The van der Waals surface area contributed by atoms with Gasteiger partial charge in [-0.1, -0.05) is 13.0 Å². The van der Waals surface area contributed by atoms with Gasteiger partial charge in [0.1, 0.15) is 0 Å². The highest BCUT2D eigenvalue weighted by atomic mass is 19.2. The normalized spacial score (nSPS) is 10.6. The van der Waals surface area contributed by atoms with Gasteiger partial charge in [-0.2, -0.15) is 0 Å². The molecule has 2 rings (SSSR count). The van der Waals surface area contributed by atoms with Crippen molar-refractivity contribution >= 4 is 5.78 Å². The standard InChI is InChI=1S/C15H12F3NO/c1-2-9-3-4-11(19-8-9)7-14(20)10-5-12(16)15(18)13(17)6-10/h3-6,8H,2,7H2,1H3. The smallest absolute Gasteiger partial charge is 0.194 e. The molecule has 0 atom stereocenters. The third-order valence-corrected chi connectivity index (χ3v) is 2.94. The molecule has 0 N–H and O–H groups in total. The lowest BCUT2D eigenvalue weighted by Gasteiger charge is -2.04. The minimum atomic E-state index is -1.58. The Morgan fingerprint density at radius 3 is 2.30 bits per heavy atom. The van der Waals surface area contributed by atoms with Crippen LogP contribution in [-0.2, 0) is 12.8 Å². The van der Waals surface area contributed by atoms with Crippen LogP contribution in [-0.4, -0.2) is 10.8 Å². The van der Waals surface area contributed by atoms with Crippen molar-refractivity contribution in [1.82, 2.24) is 4.98 Å². The van der Waals surface area contributed by atoms with E-state index in [0.717, 1.165) is 12.0 Å². The van der Waals surface area contributed by atoms with Crippen LogP contribution in [0.5, 0.6) is 0 Å². The van der Waals surface area contributed by atoms with Crippen molar-refractivity contribution in [1.29, 1.82) is 0 Å². The molecule has 5 heteroatoms. The topological polar surface area (TPSA) is 30.0 Å². The summed E-state index contributed by atoms with van der Waals surface area (Å²) >= 11 is 0. The van der Waals surface area contributed by atoms with Crippen molar-refractivity contribution in [2.45, 2.75) is 19.8 Å². The Morgan fingerprint density at radius 2 is 1.80 bits per heavy atom. The third-order valence-electron chi connectivity index (χ3n) is 2.94. The second-order valence-electron chi connectivity index (χ2n) is 4.37. The largest absolute Gasteiger partial charge is 0.294 e. The lowest BCUT2D eigenvalue weighted by atomic mass is 10.1. The Kier molecular flexibility index (Phi) is 4.17. The van der Waals surface area contributed by atoms with Crippen LogP contribution < -0.4 is 0 Å². The predicted octanol–water partition coefficient (Wildman–Crippen LogP) is 3.49. The maximum Gasteiger partial charge on any atom is 0.194 e. The summed E-state index contributed by atoms with van der Waals surface area (Å²) in [5.74, 6) is -4.84. The van der Waals surface area contributed by atoms with Crippen molar-refractivity contribution in [3.8, 4) is 0 Å². The van der Waals surface area contributed by atoms with E-state index in [-0.39, 0.29) is 12.0 Å². The highest BCUT2D eigenvalue weighted by Crippen LogP contribution is 2.15. The first kappa shape index (κ1) is 14.2. The van der Waals surface area contributed by atoms with Crippen LogP contribution in [0.1, 0.15) is 28.5 Å². The zero-order valence-corrected chi connectivity index (χ0v) is 10.8. The lowest BCUT2D eigenvalue weighted by molar-refractivity contribution is 0.0991. The average Bonchev–Trinajstić information content (AvgIpc) is 2.45. The quantitative estimate of drug-likeness (QED) is 0.633. The molecule has 0 spiro atoms. The van der Waals surface area contributed by atoms with Crippen LogP contribution in [0.25, 0.3) is 0 Å². The molecule has 0 aliphatic carbocycles. The lowest BCUT2D eigenvalue weighted by Crippen LogP contribution is -2.07. The van der Waals surface area contributed by atoms with Crippen LogP contribution in [0, 0.1) is 17.5 Å². The van der Waals surface area contributed by atoms with Crippen LogP contribution in [0.2, 0.25) is 0 Å². The van der Waals surface area contributed by atoms with E-state index in [1.807, 2.05) is 13.0 Å². The monoisotopic (exact) mass is 279 g/mol. The molecule has 0 fully saturated rings. The summed E-state index contributed by atoms with van der Waals surface area (Å²) in [6, 6.07) is 4.91. The molecule has 104 valence electrons. The van der Waals surface area contributed by atoms with E-state index >= 15 is 0 Å². The molecular weight excluding hydrogens is 267 g/mol. The van der Waals surface area contributed by atoms with Crippen LogP contribution >= 0.6 is 0 Å². The highest BCUT2D eigenvalue weighted by molar-refractivity contribution is 5.97. The maximum absolute atomic E-state index is 13.1. The van der Waals surface area contributed by atoms with E-state index in [1.54, 1.807) is 12.3 Å². The summed E-state index contributed by atoms with van der Waals surface area (Å²) < 4.78 is 38.9. The molecule has 1 aromatic heterocycles. The van der Waals surface area contributed by atoms with Gasteiger partial charge >= 0.3 is 0 Å². The first-order valence-corrected chi connectivity index (χ1v) is 6.12. The van der Waals surface area contributed by atoms with E-state index in [2.05, 4.69) is 4.98 Å². The Morgan fingerprint density at radius 1 is 1.15 bits per heavy atom. The zero-order chi connectivity index (χ0) is 14.7. The number of rotatable bonds is 4. The van der Waals surface area contributed by atoms with Crippen LogP contribution in [0.15, 0.2) is 30.5 Å². The number of hydrogen-bond donors (Lipinski definition) is 0. The van der Waals surface area contributed by atoms with E-state index in [9.17, 15) is 18.0 Å². The summed E-state index contributed by atoms with van der Waals surface area (Å²) in [7, 11) is 0. The Balaban J connectivity index is 2.19. The van der Waals surface area contributed by atoms with Gasteiger partial charge in [0, 0.05) is 17.5 Å². The van der Waals surface area contributed by atoms with Gasteiger partial charge in [0.15, 0.2) is 23.2 Å². The first-order chi connectivity index (χ1) is 9.51. The minimum Gasteiger partial charge on any atom is -0.294 e. The number of pyridine rings is 1. The molecule has 1 heterocycles. The van der Waals surface area contributed by atoms with Gasteiger partial charge in [-0.25, -0.2) is 13.2 Å². The number of hydrogen-bond acceptors (Lipinski definition) is 2. The molecule has 0 saturated carbocycles. The van der Waals surface area contributed by atoms with E-state index in [4.69, 9.17) is 0 Å². The molecule has 0 saturated heterocycles. The fourth-order valence-corrected chi connectivity index (χ4v) is 1.75. The van der Waals surface area contributed by atoms with E-state index in [1.165, 1.54) is 0 Å². The fraction of sp³-hybridized carbons (Fsp3) is 0.200. The van der Waals surface area contributed by atoms with Gasteiger partial charge in [0.25, 0.3) is 0 Å². The molecule has 0 aliphatic rings. The molecule has 0 bridgehead atoms. The first-order valence-electron chi connectivity index (χ1n) is 6.12. The number of carbonyl (C=O) groups is 1. The fourth-order valence-electron chi connectivity index (χ4n) is 1.75. The SMILES string of the molecule is CCc1ccc(CC(=O)c2cc(F)c(F)c(F)c2)nc1. The summed E-state index contributed by atoms with van der Waals surface area (Å²) in [5, 5.41) is 0. The number of ketones is 1. The molecule has 0 radical (unpaired) electrons. The average molecular weight is 279 g/mol. The number of Topliss-reactive ketones (excluding diaryl/α,β-unsaturated/α-hetero) is 1. The van der Waals surface area contributed by atoms with E-state index < -0.39 is 23.2 Å². The van der Waals surface area contributed by atoms with Gasteiger partial charge in [-0.15, -0.1) is 0 Å². The summed E-state index contributed by atoms with van der Waals surface area (Å²) in [4.78, 5) is 16.0. The highest BCUT2D eigenvalue weighted by Gasteiger charge is 2.15. The van der Waals surface area contributed by atoms with Crippen LogP contribution in [0.3, 0.4) is 0 Å². The van der Waals surface area contributed by atoms with Crippen molar-refractivity contribution in [2.24, 2.45) is 0 Å². The summed E-state index contributed by atoms with van der Waals surface area (Å²) in [6.07, 6.45) is 2.39. The molecule has 20 heavy (non-hydrogen) atoms. The van der Waals surface area contributed by atoms with Gasteiger partial charge in [-0.05, 0) is 30.2 Å². The van der Waals surface area contributed by atoms with Gasteiger partial charge in [0.2, 0.25) is 0 Å². The molecule has 0 aliphatic heterocycles. The number of aromatic nitrogens is 1. The Labute approximate surface area is 114 Å². The van der Waals surface area contributed by atoms with Gasteiger partial charge in [-0.3, -0.25) is 9.78 Å². The zero-order valence-electron chi connectivity index (χ0n) is 10.8. The molecule has 2 aromatic rings. The van der Waals surface area contributed by atoms with Crippen molar-refractivity contribution in [2.75, 3.05) is 0 Å². The molecular formula is C15H12F3NO. The summed E-state index contributed by atoms with van der Waals surface area (Å²) in [5.41, 5.74) is 1.32. The van der Waals surface area contributed by atoms with Gasteiger partial charge in [0.05, 0.1) is 6.42 Å². The van der Waals surface area contributed by atoms with Crippen LogP contribution in [0.4, 0.5) is 13.2 Å². The second kappa shape index (κ2) is 5.86. The minimum absolute atomic E-state index is 0.0888. The van der Waals surface area contributed by atoms with E-state index in [0.29, 0.717) is 17.8 Å². The molecule has 0 unspecified atom stereocenters. The molecule has 2 nitrogen and oxygen atoms in total. The number of aryl methyl sites for hydroxylation is 1. The second-order valence-corrected chi connectivity index (χ2v) is 4.37. The molecule has 0 amide bonds. The number of benzene rings is 1. The Bertz CT molecular complexity index is 615. The summed E-state index contributed by atoms with van der Waals surface area (Å²) in [6.45, 7) is 1.98. The van der Waals surface area contributed by atoms with Crippen molar-refractivity contribution < 1.29 is 18.0 Å². The number of carbonyl (C=O) groups excluding carboxylic acids is 1. The van der Waals surface area contributed by atoms with Gasteiger partial charge < -0.3 is 0 Å².